The van der Waals surface area contributed by atoms with Crippen molar-refractivity contribution >= 4 is 17.5 Å². The Bertz CT molecular complexity index is 574. The van der Waals surface area contributed by atoms with Gasteiger partial charge in [0.2, 0.25) is 0 Å². The van der Waals surface area contributed by atoms with E-state index in [4.69, 9.17) is 16.7 Å². The van der Waals surface area contributed by atoms with Gasteiger partial charge in [0.05, 0.1) is 11.6 Å². The van der Waals surface area contributed by atoms with E-state index in [1.54, 1.807) is 18.2 Å². The zero-order valence-corrected chi connectivity index (χ0v) is 12.9. The maximum atomic E-state index is 12.2. The third-order valence-electron chi connectivity index (χ3n) is 3.72. The number of benzene rings is 1. The molecule has 0 heterocycles. The number of halogens is 1. The average Bonchev–Trinajstić information content (AvgIpc) is 2.86. The number of aliphatic hydroxyl groups is 1. The molecule has 1 saturated carbocycles. The van der Waals surface area contributed by atoms with Crippen LogP contribution in [0.4, 0.5) is 0 Å². The van der Waals surface area contributed by atoms with Gasteiger partial charge >= 0.3 is 0 Å². The summed E-state index contributed by atoms with van der Waals surface area (Å²) in [5, 5.41) is 12.2. The summed E-state index contributed by atoms with van der Waals surface area (Å²) >= 11 is 6.15. The molecule has 2 atom stereocenters. The molecular formula is C17H20ClNO2. The van der Waals surface area contributed by atoms with Crippen molar-refractivity contribution in [1.82, 2.24) is 5.32 Å². The maximum Gasteiger partial charge on any atom is 0.251 e. The van der Waals surface area contributed by atoms with E-state index in [-0.39, 0.29) is 18.6 Å². The van der Waals surface area contributed by atoms with Crippen LogP contribution in [0.1, 0.15) is 48.5 Å². The molecule has 0 spiro atoms. The first kappa shape index (κ1) is 15.9. The fourth-order valence-corrected chi connectivity index (χ4v) is 2.81. The normalized spacial score (nSPS) is 20.7. The maximum absolute atomic E-state index is 12.2. The van der Waals surface area contributed by atoms with E-state index in [2.05, 4.69) is 24.1 Å². The van der Waals surface area contributed by atoms with Crippen LogP contribution in [0.2, 0.25) is 5.02 Å². The SMILES string of the molecule is CC1CCC(NC(=O)c2ccc(C#CCCO)c(Cl)c2)C1. The standard InChI is InChI=1S/C17H20ClNO2/c1-12-5-8-15(10-12)19-17(21)14-7-6-13(16(18)11-14)4-2-3-9-20/h6-7,11-12,15,20H,3,5,8-10H2,1H3,(H,19,21). The summed E-state index contributed by atoms with van der Waals surface area (Å²) < 4.78 is 0. The molecule has 0 saturated heterocycles. The van der Waals surface area contributed by atoms with Gasteiger partial charge in [-0.2, -0.15) is 0 Å². The molecular weight excluding hydrogens is 286 g/mol. The summed E-state index contributed by atoms with van der Waals surface area (Å²) in [7, 11) is 0. The second kappa shape index (κ2) is 7.49. The van der Waals surface area contributed by atoms with Crippen LogP contribution in [-0.4, -0.2) is 23.7 Å². The van der Waals surface area contributed by atoms with E-state index < -0.39 is 0 Å². The molecule has 2 N–H and O–H groups in total. The Morgan fingerprint density at radius 3 is 2.90 bits per heavy atom. The Hall–Kier alpha value is -1.50. The van der Waals surface area contributed by atoms with Gasteiger partial charge in [0.15, 0.2) is 0 Å². The Balaban J connectivity index is 2.02. The molecule has 0 aliphatic heterocycles. The lowest BCUT2D eigenvalue weighted by Crippen LogP contribution is -2.32. The quantitative estimate of drug-likeness (QED) is 0.844. The first-order valence-corrected chi connectivity index (χ1v) is 7.68. The molecule has 1 aliphatic rings. The summed E-state index contributed by atoms with van der Waals surface area (Å²) in [5.41, 5.74) is 1.24. The van der Waals surface area contributed by atoms with Gasteiger partial charge in [-0.05, 0) is 43.4 Å². The molecule has 1 aliphatic carbocycles. The molecule has 0 aromatic heterocycles. The lowest BCUT2D eigenvalue weighted by Gasteiger charge is -2.12. The van der Waals surface area contributed by atoms with E-state index >= 15 is 0 Å². The molecule has 0 bridgehead atoms. The number of carbonyl (C=O) groups is 1. The van der Waals surface area contributed by atoms with Crippen LogP contribution in [0.25, 0.3) is 0 Å². The predicted octanol–water partition coefficient (Wildman–Crippen LogP) is 2.99. The lowest BCUT2D eigenvalue weighted by molar-refractivity contribution is 0.0937. The third kappa shape index (κ3) is 4.49. The number of amides is 1. The summed E-state index contributed by atoms with van der Waals surface area (Å²) in [6, 6.07) is 5.41. The summed E-state index contributed by atoms with van der Waals surface area (Å²) in [5.74, 6) is 6.31. The van der Waals surface area contributed by atoms with E-state index in [9.17, 15) is 4.79 Å². The molecule has 21 heavy (non-hydrogen) atoms. The Morgan fingerprint density at radius 1 is 1.48 bits per heavy atom. The van der Waals surface area contributed by atoms with Crippen molar-refractivity contribution in [2.24, 2.45) is 5.92 Å². The van der Waals surface area contributed by atoms with Crippen LogP contribution in [0, 0.1) is 17.8 Å². The van der Waals surface area contributed by atoms with Crippen LogP contribution in [0.3, 0.4) is 0 Å². The minimum atomic E-state index is -0.0779. The van der Waals surface area contributed by atoms with Crippen molar-refractivity contribution in [3.8, 4) is 11.8 Å². The molecule has 2 unspecified atom stereocenters. The van der Waals surface area contributed by atoms with Crippen molar-refractivity contribution in [2.75, 3.05) is 6.61 Å². The van der Waals surface area contributed by atoms with Gasteiger partial charge in [0, 0.05) is 23.6 Å². The van der Waals surface area contributed by atoms with Crippen molar-refractivity contribution in [2.45, 2.75) is 38.6 Å². The molecule has 2 rings (SSSR count). The highest BCUT2D eigenvalue weighted by Crippen LogP contribution is 2.25. The number of rotatable bonds is 3. The van der Waals surface area contributed by atoms with E-state index in [1.165, 1.54) is 6.42 Å². The molecule has 1 fully saturated rings. The van der Waals surface area contributed by atoms with Gasteiger partial charge in [-0.15, -0.1) is 0 Å². The van der Waals surface area contributed by atoms with Crippen LogP contribution >= 0.6 is 11.6 Å². The Morgan fingerprint density at radius 2 is 2.29 bits per heavy atom. The lowest BCUT2D eigenvalue weighted by atomic mass is 10.1. The predicted molar refractivity (Wildman–Crippen MR) is 84.3 cm³/mol. The molecule has 0 radical (unpaired) electrons. The fourth-order valence-electron chi connectivity index (χ4n) is 2.58. The minimum absolute atomic E-state index is 0.0327. The number of carbonyl (C=O) groups excluding carboxylic acids is 1. The molecule has 112 valence electrons. The zero-order chi connectivity index (χ0) is 15.2. The van der Waals surface area contributed by atoms with Crippen molar-refractivity contribution in [3.63, 3.8) is 0 Å². The van der Waals surface area contributed by atoms with Crippen LogP contribution in [0.5, 0.6) is 0 Å². The van der Waals surface area contributed by atoms with Crippen molar-refractivity contribution in [1.29, 1.82) is 0 Å². The molecule has 1 aromatic carbocycles. The van der Waals surface area contributed by atoms with Gasteiger partial charge in [-0.25, -0.2) is 0 Å². The van der Waals surface area contributed by atoms with Gasteiger partial charge < -0.3 is 10.4 Å². The van der Waals surface area contributed by atoms with Crippen LogP contribution in [-0.2, 0) is 0 Å². The van der Waals surface area contributed by atoms with Gasteiger partial charge in [0.25, 0.3) is 5.91 Å². The van der Waals surface area contributed by atoms with Crippen molar-refractivity contribution in [3.05, 3.63) is 34.3 Å². The fraction of sp³-hybridized carbons (Fsp3) is 0.471. The molecule has 3 nitrogen and oxygen atoms in total. The van der Waals surface area contributed by atoms with Crippen molar-refractivity contribution < 1.29 is 9.90 Å². The van der Waals surface area contributed by atoms with Crippen LogP contribution < -0.4 is 5.32 Å². The topological polar surface area (TPSA) is 49.3 Å². The number of nitrogens with one attached hydrogen (secondary N) is 1. The number of hydrogen-bond acceptors (Lipinski definition) is 2. The smallest absolute Gasteiger partial charge is 0.251 e. The average molecular weight is 306 g/mol. The minimum Gasteiger partial charge on any atom is -0.395 e. The largest absolute Gasteiger partial charge is 0.395 e. The van der Waals surface area contributed by atoms with Gasteiger partial charge in [-0.1, -0.05) is 30.4 Å². The first-order chi connectivity index (χ1) is 10.1. The summed E-state index contributed by atoms with van der Waals surface area (Å²) in [4.78, 5) is 12.2. The molecule has 1 aromatic rings. The Kier molecular flexibility index (Phi) is 5.67. The van der Waals surface area contributed by atoms with Gasteiger partial charge in [-0.3, -0.25) is 4.79 Å². The second-order valence-electron chi connectivity index (χ2n) is 5.56. The molecule has 4 heteroatoms. The zero-order valence-electron chi connectivity index (χ0n) is 12.2. The Labute approximate surface area is 130 Å². The van der Waals surface area contributed by atoms with Crippen LogP contribution in [0.15, 0.2) is 18.2 Å². The van der Waals surface area contributed by atoms with E-state index in [1.807, 2.05) is 0 Å². The molecule has 1 amide bonds. The number of hydrogen-bond donors (Lipinski definition) is 2. The third-order valence-corrected chi connectivity index (χ3v) is 4.03. The monoisotopic (exact) mass is 305 g/mol. The number of aliphatic hydroxyl groups excluding tert-OH is 1. The van der Waals surface area contributed by atoms with E-state index in [0.717, 1.165) is 12.8 Å². The van der Waals surface area contributed by atoms with E-state index in [0.29, 0.717) is 28.5 Å². The summed E-state index contributed by atoms with van der Waals surface area (Å²) in [6.07, 6.45) is 3.68. The highest BCUT2D eigenvalue weighted by molar-refractivity contribution is 6.32. The second-order valence-corrected chi connectivity index (χ2v) is 5.97. The first-order valence-electron chi connectivity index (χ1n) is 7.30. The highest BCUT2D eigenvalue weighted by Gasteiger charge is 2.23. The van der Waals surface area contributed by atoms with Gasteiger partial charge in [0.1, 0.15) is 0 Å². The summed E-state index contributed by atoms with van der Waals surface area (Å²) in [6.45, 7) is 2.24. The highest BCUT2D eigenvalue weighted by atomic mass is 35.5.